The van der Waals surface area contributed by atoms with E-state index < -0.39 is 11.6 Å². The lowest BCUT2D eigenvalue weighted by atomic mass is 10.1. The first-order valence-corrected chi connectivity index (χ1v) is 10.2. The molecule has 7 heteroatoms. The van der Waals surface area contributed by atoms with Crippen molar-refractivity contribution in [2.45, 2.75) is 20.4 Å². The fourth-order valence-corrected chi connectivity index (χ4v) is 3.62. The van der Waals surface area contributed by atoms with E-state index in [0.29, 0.717) is 23.9 Å². The number of para-hydroxylation sites is 1. The summed E-state index contributed by atoms with van der Waals surface area (Å²) in [6.07, 6.45) is 1.99. The van der Waals surface area contributed by atoms with E-state index >= 15 is 0 Å². The number of likely N-dealkylation sites (N-methyl/N-ethyl adjacent to an activating group) is 1. The van der Waals surface area contributed by atoms with Crippen LogP contribution in [0.1, 0.15) is 19.4 Å². The Kier molecular flexibility index (Phi) is 7.17. The van der Waals surface area contributed by atoms with Crippen LogP contribution in [-0.2, 0) is 6.54 Å². The number of aromatic amines is 1. The standard InChI is InChI=1S/C22H26F2N4S/c1-3-27(4-2)9-10-28(15-16-14-25-21-8-6-5-7-20(16)21)22(29)26-19-12-17(23)11-18(24)13-19/h5-8,11-14,25H,3-4,9-10,15H2,1-2H3,(H,26,29). The number of hydrogen-bond acceptors (Lipinski definition) is 2. The van der Waals surface area contributed by atoms with Crippen molar-refractivity contribution in [3.05, 3.63) is 65.9 Å². The smallest absolute Gasteiger partial charge is 0.173 e. The number of thiocarbonyl (C=S) groups is 1. The Hall–Kier alpha value is -2.51. The molecule has 3 aromatic rings. The number of benzene rings is 2. The lowest BCUT2D eigenvalue weighted by Crippen LogP contribution is -2.40. The molecular weight excluding hydrogens is 390 g/mol. The molecule has 0 spiro atoms. The Morgan fingerprint density at radius 1 is 1.03 bits per heavy atom. The third kappa shape index (κ3) is 5.52. The molecule has 0 saturated heterocycles. The highest BCUT2D eigenvalue weighted by Crippen LogP contribution is 2.20. The normalized spacial score (nSPS) is 11.2. The monoisotopic (exact) mass is 416 g/mol. The highest BCUT2D eigenvalue weighted by molar-refractivity contribution is 7.80. The quantitative estimate of drug-likeness (QED) is 0.507. The van der Waals surface area contributed by atoms with Gasteiger partial charge >= 0.3 is 0 Å². The number of rotatable bonds is 8. The summed E-state index contributed by atoms with van der Waals surface area (Å²) in [7, 11) is 0. The van der Waals surface area contributed by atoms with Gasteiger partial charge in [-0.2, -0.15) is 0 Å². The molecule has 0 atom stereocenters. The molecule has 0 unspecified atom stereocenters. The zero-order chi connectivity index (χ0) is 20.8. The maximum atomic E-state index is 13.6. The van der Waals surface area contributed by atoms with Crippen molar-refractivity contribution >= 4 is 33.9 Å². The van der Waals surface area contributed by atoms with Crippen LogP contribution in [0.5, 0.6) is 0 Å². The molecule has 0 radical (unpaired) electrons. The summed E-state index contributed by atoms with van der Waals surface area (Å²) in [5.74, 6) is -1.27. The van der Waals surface area contributed by atoms with E-state index in [2.05, 4.69) is 35.1 Å². The molecule has 0 saturated carbocycles. The molecule has 29 heavy (non-hydrogen) atoms. The fourth-order valence-electron chi connectivity index (χ4n) is 3.35. The summed E-state index contributed by atoms with van der Waals surface area (Å²) >= 11 is 5.61. The van der Waals surface area contributed by atoms with Gasteiger partial charge in [-0.1, -0.05) is 32.0 Å². The summed E-state index contributed by atoms with van der Waals surface area (Å²) in [6.45, 7) is 8.28. The minimum Gasteiger partial charge on any atom is -0.361 e. The topological polar surface area (TPSA) is 34.3 Å². The lowest BCUT2D eigenvalue weighted by Gasteiger charge is -2.29. The van der Waals surface area contributed by atoms with E-state index in [0.717, 1.165) is 42.2 Å². The average molecular weight is 417 g/mol. The minimum absolute atomic E-state index is 0.305. The molecule has 3 rings (SSSR count). The van der Waals surface area contributed by atoms with Crippen LogP contribution in [0.2, 0.25) is 0 Å². The fraction of sp³-hybridized carbons (Fsp3) is 0.318. The predicted molar refractivity (Wildman–Crippen MR) is 119 cm³/mol. The molecule has 4 nitrogen and oxygen atoms in total. The molecule has 0 aliphatic heterocycles. The van der Waals surface area contributed by atoms with Crippen molar-refractivity contribution < 1.29 is 8.78 Å². The summed E-state index contributed by atoms with van der Waals surface area (Å²) in [5.41, 5.74) is 2.49. The molecular formula is C22H26F2N4S. The molecule has 0 aliphatic rings. The second-order valence-corrected chi connectivity index (χ2v) is 7.28. The van der Waals surface area contributed by atoms with Crippen molar-refractivity contribution in [2.24, 2.45) is 0 Å². The second kappa shape index (κ2) is 9.80. The summed E-state index contributed by atoms with van der Waals surface area (Å²) in [6, 6.07) is 11.4. The molecule has 0 fully saturated rings. The van der Waals surface area contributed by atoms with Crippen LogP contribution in [0.3, 0.4) is 0 Å². The van der Waals surface area contributed by atoms with Gasteiger partial charge in [0.25, 0.3) is 0 Å². The highest BCUT2D eigenvalue weighted by atomic mass is 32.1. The number of anilines is 1. The van der Waals surface area contributed by atoms with Gasteiger partial charge in [-0.05, 0) is 49.1 Å². The van der Waals surface area contributed by atoms with Crippen LogP contribution < -0.4 is 5.32 Å². The molecule has 154 valence electrons. The Morgan fingerprint density at radius 3 is 2.41 bits per heavy atom. The molecule has 1 aromatic heterocycles. The van der Waals surface area contributed by atoms with Gasteiger partial charge in [0.05, 0.1) is 0 Å². The zero-order valence-corrected chi connectivity index (χ0v) is 17.5. The van der Waals surface area contributed by atoms with Crippen LogP contribution >= 0.6 is 12.2 Å². The first-order valence-electron chi connectivity index (χ1n) is 9.79. The molecule has 0 bridgehead atoms. The third-order valence-corrected chi connectivity index (χ3v) is 5.38. The average Bonchev–Trinajstić information content (AvgIpc) is 3.10. The number of hydrogen-bond donors (Lipinski definition) is 2. The Labute approximate surface area is 175 Å². The number of aromatic nitrogens is 1. The maximum Gasteiger partial charge on any atom is 0.173 e. The number of halogens is 2. The summed E-state index contributed by atoms with van der Waals surface area (Å²) in [5, 5.41) is 4.57. The van der Waals surface area contributed by atoms with Gasteiger partial charge in [0.2, 0.25) is 0 Å². The van der Waals surface area contributed by atoms with Crippen LogP contribution in [0, 0.1) is 11.6 Å². The largest absolute Gasteiger partial charge is 0.361 e. The number of fused-ring (bicyclic) bond motifs is 1. The van der Waals surface area contributed by atoms with Crippen molar-refractivity contribution in [1.29, 1.82) is 0 Å². The van der Waals surface area contributed by atoms with Crippen LogP contribution in [-0.4, -0.2) is 46.1 Å². The maximum absolute atomic E-state index is 13.6. The first kappa shape index (κ1) is 21.2. The van der Waals surface area contributed by atoms with E-state index in [1.54, 1.807) is 0 Å². The van der Waals surface area contributed by atoms with Crippen LogP contribution in [0.15, 0.2) is 48.7 Å². The van der Waals surface area contributed by atoms with Gasteiger partial charge in [0.1, 0.15) is 11.6 Å². The second-order valence-electron chi connectivity index (χ2n) is 6.90. The van der Waals surface area contributed by atoms with E-state index in [1.807, 2.05) is 29.3 Å². The molecule has 2 N–H and O–H groups in total. The summed E-state index contributed by atoms with van der Waals surface area (Å²) < 4.78 is 27.1. The van der Waals surface area contributed by atoms with Crippen LogP contribution in [0.4, 0.5) is 14.5 Å². The molecule has 2 aromatic carbocycles. The predicted octanol–water partition coefficient (Wildman–Crippen LogP) is 4.99. The number of H-pyrrole nitrogens is 1. The van der Waals surface area contributed by atoms with Gasteiger partial charge in [-0.3, -0.25) is 0 Å². The highest BCUT2D eigenvalue weighted by Gasteiger charge is 2.15. The minimum atomic E-state index is -0.637. The SMILES string of the molecule is CCN(CC)CCN(Cc1c[nH]c2ccccc12)C(=S)Nc1cc(F)cc(F)c1. The Bertz CT molecular complexity index is 948. The molecule has 0 amide bonds. The Balaban J connectivity index is 1.80. The van der Waals surface area contributed by atoms with Gasteiger partial charge in [0, 0.05) is 48.5 Å². The van der Waals surface area contributed by atoms with Crippen molar-refractivity contribution in [2.75, 3.05) is 31.5 Å². The summed E-state index contributed by atoms with van der Waals surface area (Å²) in [4.78, 5) is 7.63. The van der Waals surface area contributed by atoms with E-state index in [-0.39, 0.29) is 0 Å². The van der Waals surface area contributed by atoms with Crippen molar-refractivity contribution in [3.8, 4) is 0 Å². The van der Waals surface area contributed by atoms with Gasteiger partial charge in [-0.15, -0.1) is 0 Å². The molecule has 1 heterocycles. The van der Waals surface area contributed by atoms with Crippen molar-refractivity contribution in [3.63, 3.8) is 0 Å². The number of nitrogens with zero attached hydrogens (tertiary/aromatic N) is 2. The van der Waals surface area contributed by atoms with Crippen LogP contribution in [0.25, 0.3) is 10.9 Å². The van der Waals surface area contributed by atoms with Crippen molar-refractivity contribution in [1.82, 2.24) is 14.8 Å². The van der Waals surface area contributed by atoms with Gasteiger partial charge < -0.3 is 20.1 Å². The van der Waals surface area contributed by atoms with E-state index in [9.17, 15) is 8.78 Å². The van der Waals surface area contributed by atoms with E-state index in [1.165, 1.54) is 12.1 Å². The lowest BCUT2D eigenvalue weighted by molar-refractivity contribution is 0.266. The van der Waals surface area contributed by atoms with E-state index in [4.69, 9.17) is 12.2 Å². The van der Waals surface area contributed by atoms with Gasteiger partial charge in [-0.25, -0.2) is 8.78 Å². The first-order chi connectivity index (χ1) is 14.0. The zero-order valence-electron chi connectivity index (χ0n) is 16.7. The Morgan fingerprint density at radius 2 is 1.72 bits per heavy atom. The number of nitrogens with one attached hydrogen (secondary N) is 2. The molecule has 0 aliphatic carbocycles. The third-order valence-electron chi connectivity index (χ3n) is 5.02. The van der Waals surface area contributed by atoms with Gasteiger partial charge in [0.15, 0.2) is 5.11 Å².